The van der Waals surface area contributed by atoms with Gasteiger partial charge >= 0.3 is 6.61 Å². The van der Waals surface area contributed by atoms with Gasteiger partial charge in [0.25, 0.3) is 0 Å². The van der Waals surface area contributed by atoms with E-state index in [0.29, 0.717) is 4.47 Å². The second kappa shape index (κ2) is 8.69. The lowest BCUT2D eigenvalue weighted by atomic mass is 9.87. The molecule has 0 saturated heterocycles. The molecule has 0 aromatic heterocycles. The van der Waals surface area contributed by atoms with Crippen molar-refractivity contribution in [2.24, 2.45) is 5.92 Å². The molecule has 5 heteroatoms. The number of halogens is 3. The van der Waals surface area contributed by atoms with E-state index >= 15 is 0 Å². The van der Waals surface area contributed by atoms with Gasteiger partial charge in [-0.05, 0) is 52.5 Å². The maximum Gasteiger partial charge on any atom is 0.387 e. The Balaban J connectivity index is 1.71. The van der Waals surface area contributed by atoms with Crippen LogP contribution >= 0.6 is 15.9 Å². The molecule has 0 spiro atoms. The van der Waals surface area contributed by atoms with Gasteiger partial charge in [-0.25, -0.2) is 0 Å². The zero-order valence-corrected chi connectivity index (χ0v) is 13.7. The average molecular weight is 362 g/mol. The topological polar surface area (TPSA) is 21.3 Å². The number of hydrogen-bond donors (Lipinski definition) is 1. The number of alkyl halides is 2. The van der Waals surface area contributed by atoms with Crippen molar-refractivity contribution in [3.8, 4) is 5.75 Å². The molecule has 1 saturated carbocycles. The molecule has 1 N–H and O–H groups in total. The molecule has 0 radical (unpaired) electrons. The molecule has 1 aromatic rings. The van der Waals surface area contributed by atoms with E-state index in [9.17, 15) is 8.78 Å². The van der Waals surface area contributed by atoms with Crippen LogP contribution in [0.25, 0.3) is 0 Å². The predicted octanol–water partition coefficient (Wildman–Crippen LogP) is 5.11. The second-order valence-electron chi connectivity index (χ2n) is 5.61. The Morgan fingerprint density at radius 2 is 2.00 bits per heavy atom. The molecule has 21 heavy (non-hydrogen) atoms. The fourth-order valence-corrected chi connectivity index (χ4v) is 3.38. The van der Waals surface area contributed by atoms with Crippen molar-refractivity contribution in [2.75, 3.05) is 6.54 Å². The largest absolute Gasteiger partial charge is 0.434 e. The normalized spacial score (nSPS) is 16.4. The van der Waals surface area contributed by atoms with Crippen LogP contribution in [0.1, 0.15) is 44.1 Å². The van der Waals surface area contributed by atoms with Crippen LogP contribution in [-0.2, 0) is 6.54 Å². The maximum absolute atomic E-state index is 12.2. The van der Waals surface area contributed by atoms with Gasteiger partial charge in [-0.15, -0.1) is 0 Å². The highest BCUT2D eigenvalue weighted by Gasteiger charge is 2.12. The van der Waals surface area contributed by atoms with E-state index in [1.54, 1.807) is 6.07 Å². The van der Waals surface area contributed by atoms with Crippen LogP contribution in [0, 0.1) is 5.92 Å². The molecule has 0 bridgehead atoms. The first kappa shape index (κ1) is 16.7. The van der Waals surface area contributed by atoms with Gasteiger partial charge in [-0.2, -0.15) is 8.78 Å². The minimum Gasteiger partial charge on any atom is -0.434 e. The summed E-state index contributed by atoms with van der Waals surface area (Å²) in [5.74, 6) is 1.05. The predicted molar refractivity (Wildman–Crippen MR) is 83.7 cm³/mol. The van der Waals surface area contributed by atoms with E-state index < -0.39 is 6.61 Å². The highest BCUT2D eigenvalue weighted by Crippen LogP contribution is 2.28. The molecular weight excluding hydrogens is 340 g/mol. The Bertz CT molecular complexity index is 436. The summed E-state index contributed by atoms with van der Waals surface area (Å²) in [5.41, 5.74) is 1.06. The molecule has 0 heterocycles. The van der Waals surface area contributed by atoms with Crippen molar-refractivity contribution in [1.82, 2.24) is 5.32 Å². The minimum absolute atomic E-state index is 0.177. The third-order valence-corrected chi connectivity index (χ3v) is 4.62. The number of rotatable bonds is 7. The number of hydrogen-bond acceptors (Lipinski definition) is 2. The Kier molecular flexibility index (Phi) is 6.90. The molecule has 118 valence electrons. The molecule has 1 aromatic carbocycles. The second-order valence-corrected chi connectivity index (χ2v) is 6.47. The Morgan fingerprint density at radius 1 is 1.24 bits per heavy atom. The molecule has 0 amide bonds. The third-order valence-electron chi connectivity index (χ3n) is 4.00. The van der Waals surface area contributed by atoms with Crippen molar-refractivity contribution in [3.63, 3.8) is 0 Å². The van der Waals surface area contributed by atoms with Crippen LogP contribution in [0.5, 0.6) is 5.75 Å². The van der Waals surface area contributed by atoms with Gasteiger partial charge in [-0.1, -0.05) is 38.2 Å². The van der Waals surface area contributed by atoms with E-state index in [1.165, 1.54) is 38.5 Å². The summed E-state index contributed by atoms with van der Waals surface area (Å²) in [6.45, 7) is -1.03. The van der Waals surface area contributed by atoms with Gasteiger partial charge in [0.15, 0.2) is 0 Å². The number of nitrogens with one attached hydrogen (secondary N) is 1. The smallest absolute Gasteiger partial charge is 0.387 e. The zero-order chi connectivity index (χ0) is 15.1. The van der Waals surface area contributed by atoms with Crippen molar-refractivity contribution < 1.29 is 13.5 Å². The summed E-state index contributed by atoms with van der Waals surface area (Å²) in [6.07, 6.45) is 8.12. The summed E-state index contributed by atoms with van der Waals surface area (Å²) >= 11 is 3.26. The van der Waals surface area contributed by atoms with Crippen LogP contribution < -0.4 is 10.1 Å². The number of benzene rings is 1. The average Bonchev–Trinajstić information content (AvgIpc) is 2.47. The van der Waals surface area contributed by atoms with Gasteiger partial charge in [0.05, 0.1) is 4.47 Å². The molecule has 2 nitrogen and oxygen atoms in total. The molecule has 1 aliphatic rings. The molecule has 0 unspecified atom stereocenters. The summed E-state index contributed by atoms with van der Waals surface area (Å²) in [4.78, 5) is 0. The molecule has 0 aliphatic heterocycles. The number of ether oxygens (including phenoxy) is 1. The molecule has 2 rings (SSSR count). The van der Waals surface area contributed by atoms with E-state index in [2.05, 4.69) is 26.0 Å². The van der Waals surface area contributed by atoms with Crippen LogP contribution in [-0.4, -0.2) is 13.2 Å². The molecule has 1 aliphatic carbocycles. The van der Waals surface area contributed by atoms with Gasteiger partial charge in [0.1, 0.15) is 5.75 Å². The van der Waals surface area contributed by atoms with Crippen LogP contribution in [0.4, 0.5) is 8.78 Å². The molecular formula is C16H22BrF2NO. The van der Waals surface area contributed by atoms with E-state index in [1.807, 2.05) is 12.1 Å². The first-order chi connectivity index (χ1) is 10.1. The lowest BCUT2D eigenvalue weighted by Crippen LogP contribution is -2.19. The monoisotopic (exact) mass is 361 g/mol. The highest BCUT2D eigenvalue weighted by molar-refractivity contribution is 9.10. The SMILES string of the molecule is FC(F)Oc1ccc(CNCCC2CCCCC2)cc1Br. The highest BCUT2D eigenvalue weighted by atomic mass is 79.9. The molecule has 1 fully saturated rings. The lowest BCUT2D eigenvalue weighted by Gasteiger charge is -2.21. The summed E-state index contributed by atoms with van der Waals surface area (Å²) in [6, 6.07) is 5.22. The van der Waals surface area contributed by atoms with E-state index in [-0.39, 0.29) is 5.75 Å². The Hall–Kier alpha value is -0.680. The summed E-state index contributed by atoms with van der Waals surface area (Å²) in [7, 11) is 0. The van der Waals surface area contributed by atoms with Crippen LogP contribution in [0.15, 0.2) is 22.7 Å². The first-order valence-electron chi connectivity index (χ1n) is 7.59. The van der Waals surface area contributed by atoms with E-state index in [0.717, 1.165) is 24.6 Å². The Labute approximate surface area is 133 Å². The fourth-order valence-electron chi connectivity index (χ4n) is 2.86. The standard InChI is InChI=1S/C16H22BrF2NO/c17-14-10-13(6-7-15(14)21-16(18)19)11-20-9-8-12-4-2-1-3-5-12/h6-7,10,12,16,20H,1-5,8-9,11H2. The van der Waals surface area contributed by atoms with Crippen LogP contribution in [0.3, 0.4) is 0 Å². The fraction of sp³-hybridized carbons (Fsp3) is 0.625. The maximum atomic E-state index is 12.2. The minimum atomic E-state index is -2.79. The Morgan fingerprint density at radius 3 is 2.67 bits per heavy atom. The van der Waals surface area contributed by atoms with Gasteiger partial charge in [0, 0.05) is 6.54 Å². The third kappa shape index (κ3) is 5.91. The molecule has 0 atom stereocenters. The first-order valence-corrected chi connectivity index (χ1v) is 8.38. The summed E-state index contributed by atoms with van der Waals surface area (Å²) < 4.78 is 29.3. The zero-order valence-electron chi connectivity index (χ0n) is 12.1. The van der Waals surface area contributed by atoms with Crippen LogP contribution in [0.2, 0.25) is 0 Å². The van der Waals surface area contributed by atoms with Crippen molar-refractivity contribution in [1.29, 1.82) is 0 Å². The van der Waals surface area contributed by atoms with Gasteiger partial charge in [-0.3, -0.25) is 0 Å². The quantitative estimate of drug-likeness (QED) is 0.681. The summed E-state index contributed by atoms with van der Waals surface area (Å²) in [5, 5.41) is 3.43. The lowest BCUT2D eigenvalue weighted by molar-refractivity contribution is -0.0503. The van der Waals surface area contributed by atoms with Gasteiger partial charge < -0.3 is 10.1 Å². The van der Waals surface area contributed by atoms with Crippen molar-refractivity contribution in [2.45, 2.75) is 51.7 Å². The van der Waals surface area contributed by atoms with Gasteiger partial charge in [0.2, 0.25) is 0 Å². The van der Waals surface area contributed by atoms with E-state index in [4.69, 9.17) is 0 Å². The van der Waals surface area contributed by atoms with Crippen molar-refractivity contribution in [3.05, 3.63) is 28.2 Å². The van der Waals surface area contributed by atoms with Crippen molar-refractivity contribution >= 4 is 15.9 Å².